The summed E-state index contributed by atoms with van der Waals surface area (Å²) in [5.74, 6) is -1.45. The second-order valence-electron chi connectivity index (χ2n) is 7.22. The number of nitrogens with zero attached hydrogens (tertiary/aromatic N) is 2. The number of nitrogens with one attached hydrogen (secondary N) is 1. The molecular formula is C17H27N3O4. The number of amides is 1. The maximum atomic E-state index is 12.7. The SMILES string of the molecule is CCOC1CC(NC(=O)c2cnn(C(C)C)c2C)(C(=O)O)C1(C)C. The average Bonchev–Trinajstić information content (AvgIpc) is 2.87. The van der Waals surface area contributed by atoms with E-state index < -0.39 is 22.8 Å². The number of carbonyl (C=O) groups excluding carboxylic acids is 1. The van der Waals surface area contributed by atoms with Gasteiger partial charge < -0.3 is 15.2 Å². The van der Waals surface area contributed by atoms with E-state index in [1.807, 2.05) is 41.5 Å². The zero-order chi connectivity index (χ0) is 18.3. The van der Waals surface area contributed by atoms with Gasteiger partial charge in [0.25, 0.3) is 5.91 Å². The van der Waals surface area contributed by atoms with Crippen molar-refractivity contribution < 1.29 is 19.4 Å². The van der Waals surface area contributed by atoms with Crippen LogP contribution in [-0.4, -0.2) is 45.0 Å². The molecule has 7 heteroatoms. The fourth-order valence-corrected chi connectivity index (χ4v) is 3.47. The third-order valence-electron chi connectivity index (χ3n) is 5.23. The highest BCUT2D eigenvalue weighted by Gasteiger charge is 2.66. The van der Waals surface area contributed by atoms with Crippen LogP contribution >= 0.6 is 0 Å². The monoisotopic (exact) mass is 337 g/mol. The predicted molar refractivity (Wildman–Crippen MR) is 89.0 cm³/mol. The molecule has 1 saturated carbocycles. The van der Waals surface area contributed by atoms with E-state index in [9.17, 15) is 14.7 Å². The summed E-state index contributed by atoms with van der Waals surface area (Å²) in [5, 5.41) is 16.7. The minimum atomic E-state index is -1.34. The van der Waals surface area contributed by atoms with Crippen LogP contribution in [-0.2, 0) is 9.53 Å². The van der Waals surface area contributed by atoms with Crippen LogP contribution in [0.4, 0.5) is 0 Å². The van der Waals surface area contributed by atoms with E-state index in [1.54, 1.807) is 4.68 Å². The van der Waals surface area contributed by atoms with Gasteiger partial charge in [-0.25, -0.2) is 4.79 Å². The van der Waals surface area contributed by atoms with Crippen LogP contribution in [0, 0.1) is 12.3 Å². The molecule has 2 unspecified atom stereocenters. The molecule has 1 aliphatic carbocycles. The molecule has 1 aliphatic rings. The summed E-state index contributed by atoms with van der Waals surface area (Å²) in [6, 6.07) is 0.127. The van der Waals surface area contributed by atoms with Gasteiger partial charge in [-0.2, -0.15) is 5.10 Å². The van der Waals surface area contributed by atoms with Crippen LogP contribution < -0.4 is 5.32 Å². The summed E-state index contributed by atoms with van der Waals surface area (Å²) in [7, 11) is 0. The van der Waals surface area contributed by atoms with Gasteiger partial charge in [-0.3, -0.25) is 9.48 Å². The molecule has 0 aromatic carbocycles. The Hall–Kier alpha value is -1.89. The lowest BCUT2D eigenvalue weighted by atomic mass is 9.54. The minimum Gasteiger partial charge on any atom is -0.479 e. The highest BCUT2D eigenvalue weighted by molar-refractivity contribution is 5.99. The lowest BCUT2D eigenvalue weighted by molar-refractivity contribution is -0.190. The summed E-state index contributed by atoms with van der Waals surface area (Å²) in [5.41, 5.74) is -0.913. The Morgan fingerprint density at radius 3 is 2.54 bits per heavy atom. The summed E-state index contributed by atoms with van der Waals surface area (Å²) in [6.07, 6.45) is 1.55. The van der Waals surface area contributed by atoms with E-state index in [0.717, 1.165) is 5.69 Å². The third-order valence-corrected chi connectivity index (χ3v) is 5.23. The van der Waals surface area contributed by atoms with Crippen molar-refractivity contribution in [2.45, 2.75) is 65.6 Å². The molecule has 1 amide bonds. The minimum absolute atomic E-state index is 0.127. The molecule has 0 saturated heterocycles. The average molecular weight is 337 g/mol. The number of carbonyl (C=O) groups is 2. The zero-order valence-electron chi connectivity index (χ0n) is 15.2. The predicted octanol–water partition coefficient (Wildman–Crippen LogP) is 2.16. The van der Waals surface area contributed by atoms with E-state index in [2.05, 4.69) is 10.4 Å². The van der Waals surface area contributed by atoms with Crippen molar-refractivity contribution in [1.82, 2.24) is 15.1 Å². The molecule has 2 N–H and O–H groups in total. The molecule has 1 fully saturated rings. The fraction of sp³-hybridized carbons (Fsp3) is 0.706. The molecule has 2 atom stereocenters. The van der Waals surface area contributed by atoms with Gasteiger partial charge in [-0.05, 0) is 27.7 Å². The Morgan fingerprint density at radius 1 is 1.50 bits per heavy atom. The normalized spacial score (nSPS) is 25.4. The number of aromatic nitrogens is 2. The molecular weight excluding hydrogens is 310 g/mol. The Balaban J connectivity index is 2.27. The highest BCUT2D eigenvalue weighted by Crippen LogP contribution is 2.51. The van der Waals surface area contributed by atoms with Crippen molar-refractivity contribution in [3.05, 3.63) is 17.5 Å². The van der Waals surface area contributed by atoms with Crippen molar-refractivity contribution in [2.75, 3.05) is 6.61 Å². The maximum Gasteiger partial charge on any atom is 0.330 e. The van der Waals surface area contributed by atoms with Gasteiger partial charge in [0.1, 0.15) is 5.54 Å². The molecule has 0 spiro atoms. The Kier molecular flexibility index (Phi) is 4.77. The molecule has 0 radical (unpaired) electrons. The first-order chi connectivity index (χ1) is 11.1. The van der Waals surface area contributed by atoms with Crippen LogP contribution in [0.5, 0.6) is 0 Å². The Morgan fingerprint density at radius 2 is 2.12 bits per heavy atom. The summed E-state index contributed by atoms with van der Waals surface area (Å²) >= 11 is 0. The van der Waals surface area contributed by atoms with E-state index in [0.29, 0.717) is 12.2 Å². The number of hydrogen-bond acceptors (Lipinski definition) is 4. The molecule has 1 heterocycles. The van der Waals surface area contributed by atoms with Gasteiger partial charge >= 0.3 is 5.97 Å². The van der Waals surface area contributed by atoms with Gasteiger partial charge in [0.05, 0.1) is 17.9 Å². The van der Waals surface area contributed by atoms with Gasteiger partial charge in [-0.15, -0.1) is 0 Å². The third kappa shape index (κ3) is 2.60. The van der Waals surface area contributed by atoms with Crippen molar-refractivity contribution >= 4 is 11.9 Å². The standard InChI is InChI=1S/C17H27N3O4/c1-7-24-13-8-17(15(22)23,16(13,5)6)19-14(21)12-9-18-20(10(2)3)11(12)4/h9-10,13H,7-8H2,1-6H3,(H,19,21)(H,22,23). The maximum absolute atomic E-state index is 12.7. The number of hydrogen-bond donors (Lipinski definition) is 2. The van der Waals surface area contributed by atoms with Gasteiger partial charge in [0, 0.05) is 30.2 Å². The topological polar surface area (TPSA) is 93.5 Å². The van der Waals surface area contributed by atoms with E-state index in [-0.39, 0.29) is 18.6 Å². The number of carboxylic acids is 1. The smallest absolute Gasteiger partial charge is 0.330 e. The molecule has 1 aromatic heterocycles. The van der Waals surface area contributed by atoms with E-state index >= 15 is 0 Å². The van der Waals surface area contributed by atoms with E-state index in [4.69, 9.17) is 4.74 Å². The Labute approximate surface area is 142 Å². The largest absolute Gasteiger partial charge is 0.479 e. The van der Waals surface area contributed by atoms with Crippen LogP contribution in [0.15, 0.2) is 6.20 Å². The van der Waals surface area contributed by atoms with Gasteiger partial charge in [-0.1, -0.05) is 13.8 Å². The molecule has 7 nitrogen and oxygen atoms in total. The molecule has 134 valence electrons. The van der Waals surface area contributed by atoms with Crippen molar-refractivity contribution in [2.24, 2.45) is 5.41 Å². The molecule has 0 bridgehead atoms. The quantitative estimate of drug-likeness (QED) is 0.830. The van der Waals surface area contributed by atoms with Crippen molar-refractivity contribution in [3.8, 4) is 0 Å². The fourth-order valence-electron chi connectivity index (χ4n) is 3.47. The van der Waals surface area contributed by atoms with E-state index in [1.165, 1.54) is 6.20 Å². The first-order valence-electron chi connectivity index (χ1n) is 8.30. The van der Waals surface area contributed by atoms with Gasteiger partial charge in [0.2, 0.25) is 0 Å². The molecule has 0 aliphatic heterocycles. The molecule has 2 rings (SSSR count). The van der Waals surface area contributed by atoms with Crippen LogP contribution in [0.1, 0.15) is 63.1 Å². The lowest BCUT2D eigenvalue weighted by Crippen LogP contribution is -2.76. The summed E-state index contributed by atoms with van der Waals surface area (Å²) < 4.78 is 7.36. The number of ether oxygens (including phenoxy) is 1. The van der Waals surface area contributed by atoms with Crippen LogP contribution in [0.3, 0.4) is 0 Å². The second-order valence-corrected chi connectivity index (χ2v) is 7.22. The van der Waals surface area contributed by atoms with Crippen molar-refractivity contribution in [1.29, 1.82) is 0 Å². The first-order valence-corrected chi connectivity index (χ1v) is 8.30. The highest BCUT2D eigenvalue weighted by atomic mass is 16.5. The first kappa shape index (κ1) is 18.4. The number of rotatable bonds is 6. The Bertz CT molecular complexity index is 650. The lowest BCUT2D eigenvalue weighted by Gasteiger charge is -2.58. The summed E-state index contributed by atoms with van der Waals surface area (Å²) in [4.78, 5) is 24.6. The molecule has 1 aromatic rings. The second kappa shape index (κ2) is 6.20. The van der Waals surface area contributed by atoms with Crippen LogP contribution in [0.25, 0.3) is 0 Å². The number of carboxylic acid groups (broad SMARTS) is 1. The number of aliphatic carboxylic acids is 1. The zero-order valence-corrected chi connectivity index (χ0v) is 15.2. The molecule has 24 heavy (non-hydrogen) atoms. The van der Waals surface area contributed by atoms with Crippen molar-refractivity contribution in [3.63, 3.8) is 0 Å². The van der Waals surface area contributed by atoms with Gasteiger partial charge in [0.15, 0.2) is 0 Å². The van der Waals surface area contributed by atoms with Crippen LogP contribution in [0.2, 0.25) is 0 Å². The summed E-state index contributed by atoms with van der Waals surface area (Å²) in [6.45, 7) is 11.8.